The Kier molecular flexibility index (Phi) is 4.34. The largest absolute Gasteiger partial charge is 0.462 e. The highest BCUT2D eigenvalue weighted by Crippen LogP contribution is 2.63. The zero-order valence-electron chi connectivity index (χ0n) is 16.3. The van der Waals surface area contributed by atoms with Crippen LogP contribution in [-0.2, 0) is 26.3 Å². The Hall–Kier alpha value is -1.88. The summed E-state index contributed by atoms with van der Waals surface area (Å²) in [7, 11) is 0. The SMILES string of the molecule is CC(=O)Oc1ccc2c(c1)CC[C@H]1[C@@H]3CC[C@H](OC(C)=O)[C@@]3(C)CC[C@]21O. The van der Waals surface area contributed by atoms with Gasteiger partial charge in [-0.2, -0.15) is 0 Å². The summed E-state index contributed by atoms with van der Waals surface area (Å²) in [5.74, 6) is 0.512. The molecule has 5 atom stereocenters. The average Bonchev–Trinajstić information content (AvgIpc) is 2.90. The van der Waals surface area contributed by atoms with Gasteiger partial charge in [0.1, 0.15) is 11.9 Å². The second-order valence-corrected chi connectivity index (χ2v) is 8.77. The maximum Gasteiger partial charge on any atom is 0.308 e. The number of esters is 2. The van der Waals surface area contributed by atoms with Crippen LogP contribution < -0.4 is 4.74 Å². The van der Waals surface area contributed by atoms with E-state index in [1.165, 1.54) is 13.8 Å². The third-order valence-corrected chi connectivity index (χ3v) is 7.30. The van der Waals surface area contributed by atoms with Crippen LogP contribution in [0.25, 0.3) is 0 Å². The van der Waals surface area contributed by atoms with Crippen LogP contribution in [0.2, 0.25) is 0 Å². The van der Waals surface area contributed by atoms with Crippen molar-refractivity contribution in [3.05, 3.63) is 29.3 Å². The van der Waals surface area contributed by atoms with Crippen LogP contribution in [-0.4, -0.2) is 23.1 Å². The molecule has 0 heterocycles. The molecular weight excluding hydrogens is 344 g/mol. The lowest BCUT2D eigenvalue weighted by molar-refractivity contribution is -0.167. The van der Waals surface area contributed by atoms with Gasteiger partial charge in [0, 0.05) is 19.3 Å². The topological polar surface area (TPSA) is 72.8 Å². The molecule has 5 heteroatoms. The van der Waals surface area contributed by atoms with Crippen molar-refractivity contribution in [3.63, 3.8) is 0 Å². The highest BCUT2D eigenvalue weighted by atomic mass is 16.5. The van der Waals surface area contributed by atoms with Crippen LogP contribution in [0.15, 0.2) is 18.2 Å². The van der Waals surface area contributed by atoms with Gasteiger partial charge in [-0.25, -0.2) is 0 Å². The molecule has 3 aliphatic rings. The van der Waals surface area contributed by atoms with Crippen molar-refractivity contribution in [2.24, 2.45) is 17.3 Å². The summed E-state index contributed by atoms with van der Waals surface area (Å²) in [6.07, 6.45) is 5.10. The van der Waals surface area contributed by atoms with E-state index in [1.54, 1.807) is 6.07 Å². The van der Waals surface area contributed by atoms with E-state index in [4.69, 9.17) is 9.47 Å². The molecule has 0 spiro atoms. The first kappa shape index (κ1) is 18.5. The number of benzene rings is 1. The first-order valence-electron chi connectivity index (χ1n) is 9.95. The minimum absolute atomic E-state index is 0.0442. The van der Waals surface area contributed by atoms with Gasteiger partial charge in [-0.1, -0.05) is 13.0 Å². The molecule has 2 saturated carbocycles. The van der Waals surface area contributed by atoms with Crippen LogP contribution in [0.3, 0.4) is 0 Å². The first-order chi connectivity index (χ1) is 12.7. The molecule has 0 radical (unpaired) electrons. The first-order valence-corrected chi connectivity index (χ1v) is 9.95. The van der Waals surface area contributed by atoms with Crippen LogP contribution in [0.4, 0.5) is 0 Å². The Morgan fingerprint density at radius 2 is 1.85 bits per heavy atom. The Morgan fingerprint density at radius 3 is 2.56 bits per heavy atom. The van der Waals surface area contributed by atoms with Crippen LogP contribution in [0, 0.1) is 17.3 Å². The number of carbonyl (C=O) groups excluding carboxylic acids is 2. The van der Waals surface area contributed by atoms with Gasteiger partial charge in [-0.15, -0.1) is 0 Å². The summed E-state index contributed by atoms with van der Waals surface area (Å²) in [6.45, 7) is 5.11. The van der Waals surface area contributed by atoms with E-state index in [1.807, 2.05) is 12.1 Å². The van der Waals surface area contributed by atoms with Crippen molar-refractivity contribution in [2.45, 2.75) is 71.0 Å². The second-order valence-electron chi connectivity index (χ2n) is 8.77. The molecule has 0 bridgehead atoms. The van der Waals surface area contributed by atoms with Gasteiger partial charge >= 0.3 is 11.9 Å². The van der Waals surface area contributed by atoms with Crippen molar-refractivity contribution < 1.29 is 24.2 Å². The molecule has 0 aromatic heterocycles. The summed E-state index contributed by atoms with van der Waals surface area (Å²) >= 11 is 0. The summed E-state index contributed by atoms with van der Waals surface area (Å²) < 4.78 is 10.9. The fourth-order valence-corrected chi connectivity index (χ4v) is 6.12. The fraction of sp³-hybridized carbons (Fsp3) is 0.636. The standard InChI is InChI=1S/C22H28O5/c1-13(23)26-16-5-7-17-15(12-16)4-6-19-18-8-9-20(27-14(2)24)21(18,3)10-11-22(17,19)25/h5,7,12,18-20,25H,4,6,8-11H2,1-3H3/t18-,19-,20-,21-,22-/m0/s1. The maximum atomic E-state index is 11.7. The molecule has 3 aliphatic carbocycles. The van der Waals surface area contributed by atoms with Gasteiger partial charge in [0.15, 0.2) is 0 Å². The molecule has 1 aromatic rings. The van der Waals surface area contributed by atoms with Gasteiger partial charge < -0.3 is 14.6 Å². The second kappa shape index (κ2) is 6.33. The third-order valence-electron chi connectivity index (χ3n) is 7.30. The van der Waals surface area contributed by atoms with Crippen molar-refractivity contribution >= 4 is 11.9 Å². The van der Waals surface area contributed by atoms with E-state index in [9.17, 15) is 14.7 Å². The monoisotopic (exact) mass is 372 g/mol. The minimum Gasteiger partial charge on any atom is -0.462 e. The van der Waals surface area contributed by atoms with Crippen LogP contribution in [0.1, 0.15) is 64.0 Å². The van der Waals surface area contributed by atoms with Crippen LogP contribution >= 0.6 is 0 Å². The number of carbonyl (C=O) groups is 2. The number of hydrogen-bond acceptors (Lipinski definition) is 5. The van der Waals surface area contributed by atoms with E-state index in [2.05, 4.69) is 6.92 Å². The lowest BCUT2D eigenvalue weighted by Gasteiger charge is -2.54. The molecule has 5 nitrogen and oxygen atoms in total. The van der Waals surface area contributed by atoms with Crippen molar-refractivity contribution in [3.8, 4) is 5.75 Å². The Labute approximate surface area is 160 Å². The van der Waals surface area contributed by atoms with E-state index in [0.29, 0.717) is 18.1 Å². The lowest BCUT2D eigenvalue weighted by atomic mass is 9.53. The van der Waals surface area contributed by atoms with E-state index in [-0.39, 0.29) is 29.4 Å². The highest BCUT2D eigenvalue weighted by Gasteiger charge is 2.60. The molecule has 146 valence electrons. The minimum atomic E-state index is -0.850. The number of aryl methyl sites for hydroxylation is 1. The molecule has 4 rings (SSSR count). The normalized spacial score (nSPS) is 37.0. The van der Waals surface area contributed by atoms with Gasteiger partial charge in [-0.05, 0) is 73.6 Å². The number of fused-ring (bicyclic) bond motifs is 5. The number of aliphatic hydroxyl groups is 1. The van der Waals surface area contributed by atoms with Gasteiger partial charge in [0.2, 0.25) is 0 Å². The molecular formula is C22H28O5. The molecule has 0 aliphatic heterocycles. The fourth-order valence-electron chi connectivity index (χ4n) is 6.12. The maximum absolute atomic E-state index is 11.7. The molecule has 2 fully saturated rings. The number of rotatable bonds is 2. The summed E-state index contributed by atoms with van der Waals surface area (Å²) in [5, 5.41) is 11.7. The molecule has 0 saturated heterocycles. The van der Waals surface area contributed by atoms with Gasteiger partial charge in [0.25, 0.3) is 0 Å². The van der Waals surface area contributed by atoms with Crippen molar-refractivity contribution in [1.82, 2.24) is 0 Å². The Balaban J connectivity index is 1.65. The Morgan fingerprint density at radius 1 is 1.07 bits per heavy atom. The molecule has 27 heavy (non-hydrogen) atoms. The number of ether oxygens (including phenoxy) is 2. The molecule has 1 aromatic carbocycles. The summed E-state index contributed by atoms with van der Waals surface area (Å²) in [4.78, 5) is 22.8. The van der Waals surface area contributed by atoms with Crippen molar-refractivity contribution in [2.75, 3.05) is 0 Å². The summed E-state index contributed by atoms with van der Waals surface area (Å²) in [6, 6.07) is 5.61. The zero-order valence-corrected chi connectivity index (χ0v) is 16.3. The van der Waals surface area contributed by atoms with E-state index in [0.717, 1.165) is 43.2 Å². The number of hydrogen-bond donors (Lipinski definition) is 1. The third kappa shape index (κ3) is 2.87. The zero-order chi connectivity index (χ0) is 19.4. The molecule has 0 amide bonds. The highest BCUT2D eigenvalue weighted by molar-refractivity contribution is 5.69. The van der Waals surface area contributed by atoms with Crippen LogP contribution in [0.5, 0.6) is 5.75 Å². The van der Waals surface area contributed by atoms with Crippen molar-refractivity contribution in [1.29, 1.82) is 0 Å². The summed E-state index contributed by atoms with van der Waals surface area (Å²) in [5.41, 5.74) is 1.15. The predicted octanol–water partition coefficient (Wildman–Crippen LogP) is 3.50. The quantitative estimate of drug-likeness (QED) is 0.635. The van der Waals surface area contributed by atoms with Gasteiger partial charge in [0.05, 0.1) is 5.60 Å². The van der Waals surface area contributed by atoms with Gasteiger partial charge in [-0.3, -0.25) is 9.59 Å². The predicted molar refractivity (Wildman–Crippen MR) is 99.1 cm³/mol. The molecule has 0 unspecified atom stereocenters. The smallest absolute Gasteiger partial charge is 0.308 e. The Bertz CT molecular complexity index is 787. The average molecular weight is 372 g/mol. The van der Waals surface area contributed by atoms with E-state index < -0.39 is 5.60 Å². The van der Waals surface area contributed by atoms with E-state index >= 15 is 0 Å². The lowest BCUT2D eigenvalue weighted by Crippen LogP contribution is -2.53. The molecule has 1 N–H and O–H groups in total.